The van der Waals surface area contributed by atoms with Gasteiger partial charge in [-0.1, -0.05) is 48.5 Å². The number of nitrogens with one attached hydrogen (secondary N) is 1. The maximum absolute atomic E-state index is 13.4. The molecule has 5 rings (SSSR count). The van der Waals surface area contributed by atoms with Crippen molar-refractivity contribution in [2.45, 2.75) is 0 Å². The number of hydrogen-bond acceptors (Lipinski definition) is 7. The minimum atomic E-state index is -0.666. The first-order chi connectivity index (χ1) is 19.8. The summed E-state index contributed by atoms with van der Waals surface area (Å²) in [4.78, 5) is 41.5. The molecule has 0 bridgehead atoms. The van der Waals surface area contributed by atoms with Crippen molar-refractivity contribution in [3.63, 3.8) is 0 Å². The van der Waals surface area contributed by atoms with Crippen LogP contribution in [0.3, 0.4) is 0 Å². The fourth-order valence-electron chi connectivity index (χ4n) is 3.98. The number of para-hydroxylation sites is 1. The summed E-state index contributed by atoms with van der Waals surface area (Å²) in [7, 11) is 0. The number of nitrogens with zero attached hydrogens (tertiary/aromatic N) is 4. The molecule has 0 fully saturated rings. The molecule has 0 unspecified atom stereocenters. The first-order valence-corrected chi connectivity index (χ1v) is 12.9. The van der Waals surface area contributed by atoms with Crippen LogP contribution in [0.5, 0.6) is 5.75 Å². The van der Waals surface area contributed by atoms with E-state index in [4.69, 9.17) is 4.74 Å². The Labute approximate surface area is 240 Å². The number of rotatable bonds is 8. The van der Waals surface area contributed by atoms with Crippen LogP contribution >= 0.6 is 15.9 Å². The quantitative estimate of drug-likeness (QED) is 0.134. The van der Waals surface area contributed by atoms with Crippen LogP contribution in [0.15, 0.2) is 105 Å². The van der Waals surface area contributed by atoms with Crippen LogP contribution in [-0.4, -0.2) is 33.3 Å². The molecule has 0 spiro atoms. The second-order valence-corrected chi connectivity index (χ2v) is 9.49. The highest BCUT2D eigenvalue weighted by Gasteiger charge is 2.21. The summed E-state index contributed by atoms with van der Waals surface area (Å²) in [6.07, 6.45) is 1.29. The number of nitro benzene ring substituents is 1. The monoisotopic (exact) mass is 615 g/mol. The number of anilines is 1. The molecule has 1 aromatic heterocycles. The number of fused-ring (bicyclic) bond motifs is 1. The van der Waals surface area contributed by atoms with E-state index in [1.807, 2.05) is 18.2 Å². The third kappa shape index (κ3) is 6.17. The van der Waals surface area contributed by atoms with E-state index in [9.17, 15) is 24.1 Å². The number of benzene rings is 4. The Hall–Kier alpha value is -5.23. The van der Waals surface area contributed by atoms with E-state index in [1.54, 1.807) is 36.4 Å². The van der Waals surface area contributed by atoms with Gasteiger partial charge >= 0.3 is 5.69 Å². The number of nitro groups is 1. The summed E-state index contributed by atoms with van der Waals surface area (Å²) in [5.41, 5.74) is 0.797. The number of amides is 1. The maximum atomic E-state index is 13.4. The summed E-state index contributed by atoms with van der Waals surface area (Å²) in [6.45, 7) is -0.567. The van der Waals surface area contributed by atoms with Gasteiger partial charge < -0.3 is 10.1 Å². The molecule has 0 aliphatic rings. The van der Waals surface area contributed by atoms with Gasteiger partial charge in [0.1, 0.15) is 5.82 Å². The highest BCUT2D eigenvalue weighted by atomic mass is 79.9. The molecule has 0 atom stereocenters. The van der Waals surface area contributed by atoms with Crippen LogP contribution < -0.4 is 15.6 Å². The van der Waals surface area contributed by atoms with Crippen molar-refractivity contribution in [2.75, 3.05) is 11.9 Å². The molecule has 1 N–H and O–H groups in total. The summed E-state index contributed by atoms with van der Waals surface area (Å²) in [5, 5.41) is 19.0. The first kappa shape index (κ1) is 27.3. The van der Waals surface area contributed by atoms with E-state index in [1.165, 1.54) is 36.5 Å². The van der Waals surface area contributed by atoms with Gasteiger partial charge in [0.2, 0.25) is 5.75 Å². The van der Waals surface area contributed by atoms with Gasteiger partial charge in [-0.05, 0) is 52.3 Å². The minimum Gasteiger partial charge on any atom is -0.476 e. The van der Waals surface area contributed by atoms with E-state index < -0.39 is 34.5 Å². The smallest absolute Gasteiger partial charge is 0.312 e. The average molecular weight is 616 g/mol. The van der Waals surface area contributed by atoms with Crippen molar-refractivity contribution < 1.29 is 18.8 Å². The molecule has 0 aliphatic carbocycles. The fraction of sp³-hybridized carbons (Fsp3) is 0.0345. The highest BCUT2D eigenvalue weighted by molar-refractivity contribution is 9.10. The molecule has 5 aromatic rings. The molecule has 1 amide bonds. The van der Waals surface area contributed by atoms with Gasteiger partial charge in [-0.15, -0.1) is 0 Å². The Morgan fingerprint density at radius 3 is 2.59 bits per heavy atom. The van der Waals surface area contributed by atoms with Crippen molar-refractivity contribution >= 4 is 50.3 Å². The van der Waals surface area contributed by atoms with Crippen molar-refractivity contribution in [1.29, 1.82) is 0 Å². The SMILES string of the molecule is O=C(COc1c(Br)cc(C=Nn2c(-c3ccccc3)nc3ccccc3c2=O)cc1[N+](=O)[O-])Nc1cccc(F)c1. The minimum absolute atomic E-state index is 0.180. The standard InChI is InChI=1S/C29H19BrFN5O5/c30-23-13-18(14-25(36(39)40)27(23)41-17-26(37)33-21-10-6-9-20(31)15-21)16-32-35-28(19-7-2-1-3-8-19)34-24-12-5-4-11-22(24)29(35)38/h1-16H,17H2,(H,33,37). The summed E-state index contributed by atoms with van der Waals surface area (Å²) >= 11 is 3.26. The molecular formula is C29H19BrFN5O5. The van der Waals surface area contributed by atoms with Crippen molar-refractivity contribution in [3.05, 3.63) is 127 Å². The third-order valence-corrected chi connectivity index (χ3v) is 6.40. The Morgan fingerprint density at radius 2 is 1.83 bits per heavy atom. The van der Waals surface area contributed by atoms with E-state index in [-0.39, 0.29) is 21.5 Å². The maximum Gasteiger partial charge on any atom is 0.312 e. The predicted octanol–water partition coefficient (Wildman–Crippen LogP) is 5.77. The van der Waals surface area contributed by atoms with E-state index in [0.717, 1.165) is 10.7 Å². The van der Waals surface area contributed by atoms with Crippen LogP contribution in [0.25, 0.3) is 22.3 Å². The van der Waals surface area contributed by atoms with Crippen LogP contribution in [0.2, 0.25) is 0 Å². The van der Waals surface area contributed by atoms with Crippen molar-refractivity contribution in [2.24, 2.45) is 5.10 Å². The fourth-order valence-corrected chi connectivity index (χ4v) is 4.56. The number of carbonyl (C=O) groups is 1. The van der Waals surface area contributed by atoms with Gasteiger partial charge in [0, 0.05) is 22.9 Å². The number of hydrogen-bond donors (Lipinski definition) is 1. The van der Waals surface area contributed by atoms with Gasteiger partial charge in [0.05, 0.1) is 26.5 Å². The van der Waals surface area contributed by atoms with Crippen LogP contribution in [0.1, 0.15) is 5.56 Å². The Morgan fingerprint density at radius 1 is 1.07 bits per heavy atom. The van der Waals surface area contributed by atoms with Gasteiger partial charge in [-0.25, -0.2) is 9.37 Å². The van der Waals surface area contributed by atoms with Gasteiger partial charge in [0.25, 0.3) is 11.5 Å². The zero-order valence-corrected chi connectivity index (χ0v) is 22.6. The molecule has 0 saturated carbocycles. The lowest BCUT2D eigenvalue weighted by Crippen LogP contribution is -2.21. The number of aromatic nitrogens is 2. The van der Waals surface area contributed by atoms with Crippen LogP contribution in [0.4, 0.5) is 15.8 Å². The molecule has 4 aromatic carbocycles. The Bertz CT molecular complexity index is 1880. The highest BCUT2D eigenvalue weighted by Crippen LogP contribution is 2.36. The lowest BCUT2D eigenvalue weighted by molar-refractivity contribution is -0.385. The molecule has 0 radical (unpaired) electrons. The average Bonchev–Trinajstić information content (AvgIpc) is 2.96. The van der Waals surface area contributed by atoms with Crippen molar-refractivity contribution in [3.8, 4) is 17.1 Å². The van der Waals surface area contributed by atoms with E-state index in [2.05, 4.69) is 31.3 Å². The third-order valence-electron chi connectivity index (χ3n) is 5.81. The molecule has 0 saturated heterocycles. The molecule has 12 heteroatoms. The zero-order chi connectivity index (χ0) is 28.9. The number of carbonyl (C=O) groups excluding carboxylic acids is 1. The summed E-state index contributed by atoms with van der Waals surface area (Å²) < 4.78 is 20.1. The Kier molecular flexibility index (Phi) is 7.92. The van der Waals surface area contributed by atoms with E-state index >= 15 is 0 Å². The zero-order valence-electron chi connectivity index (χ0n) is 21.0. The molecular weight excluding hydrogens is 597 g/mol. The summed E-state index contributed by atoms with van der Waals surface area (Å²) in [6, 6.07) is 23.9. The second-order valence-electron chi connectivity index (χ2n) is 8.64. The molecule has 10 nitrogen and oxygen atoms in total. The van der Waals surface area contributed by atoms with Crippen LogP contribution in [0, 0.1) is 15.9 Å². The second kappa shape index (κ2) is 11.9. The van der Waals surface area contributed by atoms with Crippen LogP contribution in [-0.2, 0) is 4.79 Å². The normalized spacial score (nSPS) is 11.1. The number of ether oxygens (including phenoxy) is 1. The van der Waals surface area contributed by atoms with Gasteiger partial charge in [-0.2, -0.15) is 9.78 Å². The van der Waals surface area contributed by atoms with E-state index in [0.29, 0.717) is 22.3 Å². The lowest BCUT2D eigenvalue weighted by atomic mass is 10.2. The molecule has 1 heterocycles. The topological polar surface area (TPSA) is 129 Å². The summed E-state index contributed by atoms with van der Waals surface area (Å²) in [5.74, 6) is -1.06. The van der Waals surface area contributed by atoms with Crippen molar-refractivity contribution in [1.82, 2.24) is 9.66 Å². The largest absolute Gasteiger partial charge is 0.476 e. The predicted molar refractivity (Wildman–Crippen MR) is 156 cm³/mol. The molecule has 204 valence electrons. The lowest BCUT2D eigenvalue weighted by Gasteiger charge is -2.11. The molecule has 41 heavy (non-hydrogen) atoms. The Balaban J connectivity index is 1.46. The number of halogens is 2. The first-order valence-electron chi connectivity index (χ1n) is 12.1. The van der Waals surface area contributed by atoms with Gasteiger partial charge in [-0.3, -0.25) is 19.7 Å². The van der Waals surface area contributed by atoms with Gasteiger partial charge in [0.15, 0.2) is 12.4 Å². The molecule has 0 aliphatic heterocycles.